The van der Waals surface area contributed by atoms with Crippen molar-refractivity contribution in [2.24, 2.45) is 5.73 Å². The summed E-state index contributed by atoms with van der Waals surface area (Å²) in [6, 6.07) is 14.7. The van der Waals surface area contributed by atoms with E-state index in [9.17, 15) is 0 Å². The minimum atomic E-state index is 0.0531. The third kappa shape index (κ3) is 3.16. The van der Waals surface area contributed by atoms with Gasteiger partial charge in [-0.3, -0.25) is 0 Å². The van der Waals surface area contributed by atoms with Crippen molar-refractivity contribution in [1.82, 2.24) is 4.98 Å². The highest BCUT2D eigenvalue weighted by Gasteiger charge is 2.18. The first-order valence-corrected chi connectivity index (χ1v) is 7.50. The van der Waals surface area contributed by atoms with Crippen LogP contribution in [0.25, 0.3) is 0 Å². The van der Waals surface area contributed by atoms with Crippen LogP contribution in [0.4, 0.5) is 11.5 Å². The largest absolute Gasteiger partial charge is 0.368 e. The quantitative estimate of drug-likeness (QED) is 0.939. The van der Waals surface area contributed by atoms with Crippen molar-refractivity contribution in [3.05, 3.63) is 54.2 Å². The van der Waals surface area contributed by atoms with Gasteiger partial charge in [0.25, 0.3) is 0 Å². The summed E-state index contributed by atoms with van der Waals surface area (Å²) in [5.74, 6) is 1.04. The second kappa shape index (κ2) is 6.14. The van der Waals surface area contributed by atoms with E-state index in [2.05, 4.69) is 51.2 Å². The number of rotatable bonds is 3. The third-order valence-corrected chi connectivity index (χ3v) is 4.02. The number of benzene rings is 1. The van der Waals surface area contributed by atoms with Crippen LogP contribution >= 0.6 is 0 Å². The molecule has 2 heterocycles. The Bertz CT molecular complexity index is 574. The number of para-hydroxylation sites is 1. The molecule has 4 heteroatoms. The van der Waals surface area contributed by atoms with E-state index in [0.29, 0.717) is 0 Å². The Morgan fingerprint density at radius 3 is 2.33 bits per heavy atom. The van der Waals surface area contributed by atoms with Crippen LogP contribution < -0.4 is 15.5 Å². The van der Waals surface area contributed by atoms with Crippen LogP contribution in [0.1, 0.15) is 18.5 Å². The lowest BCUT2D eigenvalue weighted by molar-refractivity contribution is 0.646. The molecule has 1 aliphatic heterocycles. The first kappa shape index (κ1) is 13.9. The van der Waals surface area contributed by atoms with Gasteiger partial charge in [0.2, 0.25) is 0 Å². The van der Waals surface area contributed by atoms with Crippen molar-refractivity contribution < 1.29 is 0 Å². The standard InChI is InChI=1S/C17H22N4/c1-14(18)15-7-8-19-17(13-15)21-11-9-20(10-12-21)16-5-3-2-4-6-16/h2-8,13-14H,9-12,18H2,1H3. The van der Waals surface area contributed by atoms with E-state index in [1.807, 2.05) is 19.2 Å². The van der Waals surface area contributed by atoms with Crippen LogP contribution in [-0.2, 0) is 0 Å². The Morgan fingerprint density at radius 2 is 1.67 bits per heavy atom. The van der Waals surface area contributed by atoms with Gasteiger partial charge in [-0.15, -0.1) is 0 Å². The Hall–Kier alpha value is -2.07. The van der Waals surface area contributed by atoms with Crippen LogP contribution in [0.3, 0.4) is 0 Å². The molecule has 0 radical (unpaired) electrons. The van der Waals surface area contributed by atoms with Crippen LogP contribution in [0.2, 0.25) is 0 Å². The van der Waals surface area contributed by atoms with E-state index in [1.165, 1.54) is 5.69 Å². The summed E-state index contributed by atoms with van der Waals surface area (Å²) in [7, 11) is 0. The van der Waals surface area contributed by atoms with Crippen LogP contribution in [0, 0.1) is 0 Å². The van der Waals surface area contributed by atoms with Crippen molar-refractivity contribution in [2.75, 3.05) is 36.0 Å². The van der Waals surface area contributed by atoms with E-state index in [-0.39, 0.29) is 6.04 Å². The van der Waals surface area contributed by atoms with Crippen LogP contribution in [0.5, 0.6) is 0 Å². The monoisotopic (exact) mass is 282 g/mol. The van der Waals surface area contributed by atoms with Gasteiger partial charge < -0.3 is 15.5 Å². The summed E-state index contributed by atoms with van der Waals surface area (Å²) in [6.45, 7) is 6.03. The third-order valence-electron chi connectivity index (χ3n) is 4.02. The molecular formula is C17H22N4. The van der Waals surface area contributed by atoms with Gasteiger partial charge in [-0.25, -0.2) is 4.98 Å². The fourth-order valence-corrected chi connectivity index (χ4v) is 2.72. The normalized spacial score (nSPS) is 16.9. The molecular weight excluding hydrogens is 260 g/mol. The lowest BCUT2D eigenvalue weighted by Gasteiger charge is -2.36. The van der Waals surface area contributed by atoms with Crippen LogP contribution in [-0.4, -0.2) is 31.2 Å². The molecule has 1 aliphatic rings. The van der Waals surface area contributed by atoms with Crippen molar-refractivity contribution in [3.8, 4) is 0 Å². The van der Waals surface area contributed by atoms with Gasteiger partial charge in [0.15, 0.2) is 0 Å². The highest BCUT2D eigenvalue weighted by Crippen LogP contribution is 2.20. The smallest absolute Gasteiger partial charge is 0.128 e. The zero-order valence-corrected chi connectivity index (χ0v) is 12.4. The number of aromatic nitrogens is 1. The Labute approximate surface area is 126 Å². The molecule has 2 N–H and O–H groups in total. The maximum atomic E-state index is 5.96. The predicted molar refractivity (Wildman–Crippen MR) is 87.7 cm³/mol. The van der Waals surface area contributed by atoms with Gasteiger partial charge in [-0.1, -0.05) is 18.2 Å². The second-order valence-corrected chi connectivity index (χ2v) is 5.55. The zero-order valence-electron chi connectivity index (χ0n) is 12.4. The van der Waals surface area contributed by atoms with E-state index < -0.39 is 0 Å². The Balaban J connectivity index is 1.67. The predicted octanol–water partition coefficient (Wildman–Crippen LogP) is 2.43. The number of nitrogens with zero attached hydrogens (tertiary/aromatic N) is 3. The van der Waals surface area contributed by atoms with Gasteiger partial charge >= 0.3 is 0 Å². The van der Waals surface area contributed by atoms with E-state index in [1.54, 1.807) is 0 Å². The van der Waals surface area contributed by atoms with E-state index in [0.717, 1.165) is 37.6 Å². The lowest BCUT2D eigenvalue weighted by atomic mass is 10.1. The molecule has 2 aromatic rings. The average Bonchev–Trinajstić information content (AvgIpc) is 2.56. The summed E-state index contributed by atoms with van der Waals surface area (Å²) in [6.07, 6.45) is 1.86. The summed E-state index contributed by atoms with van der Waals surface area (Å²) >= 11 is 0. The molecule has 1 saturated heterocycles. The van der Waals surface area contributed by atoms with Crippen LogP contribution in [0.15, 0.2) is 48.7 Å². The van der Waals surface area contributed by atoms with Gasteiger partial charge in [0, 0.05) is 44.1 Å². The molecule has 0 saturated carbocycles. The summed E-state index contributed by atoms with van der Waals surface area (Å²) < 4.78 is 0. The van der Waals surface area contributed by atoms with Crippen molar-refractivity contribution in [2.45, 2.75) is 13.0 Å². The summed E-state index contributed by atoms with van der Waals surface area (Å²) in [5, 5.41) is 0. The molecule has 0 bridgehead atoms. The van der Waals surface area contributed by atoms with Gasteiger partial charge in [0.05, 0.1) is 0 Å². The maximum Gasteiger partial charge on any atom is 0.128 e. The van der Waals surface area contributed by atoms with Crippen molar-refractivity contribution in [1.29, 1.82) is 0 Å². The minimum Gasteiger partial charge on any atom is -0.368 e. The molecule has 3 rings (SSSR count). The highest BCUT2D eigenvalue weighted by atomic mass is 15.3. The summed E-state index contributed by atoms with van der Waals surface area (Å²) in [4.78, 5) is 9.26. The molecule has 1 aromatic carbocycles. The van der Waals surface area contributed by atoms with Gasteiger partial charge in [-0.2, -0.15) is 0 Å². The number of hydrogen-bond acceptors (Lipinski definition) is 4. The molecule has 4 nitrogen and oxygen atoms in total. The molecule has 0 spiro atoms. The molecule has 1 fully saturated rings. The second-order valence-electron chi connectivity index (χ2n) is 5.55. The van der Waals surface area contributed by atoms with Gasteiger partial charge in [-0.05, 0) is 36.8 Å². The SMILES string of the molecule is CC(N)c1ccnc(N2CCN(c3ccccc3)CC2)c1. The summed E-state index contributed by atoms with van der Waals surface area (Å²) in [5.41, 5.74) is 8.40. The minimum absolute atomic E-state index is 0.0531. The zero-order chi connectivity index (χ0) is 14.7. The number of nitrogens with two attached hydrogens (primary N) is 1. The molecule has 0 aliphatic carbocycles. The first-order chi connectivity index (χ1) is 10.2. The maximum absolute atomic E-state index is 5.96. The van der Waals surface area contributed by atoms with Crippen molar-refractivity contribution in [3.63, 3.8) is 0 Å². The molecule has 110 valence electrons. The highest BCUT2D eigenvalue weighted by molar-refractivity contribution is 5.49. The topological polar surface area (TPSA) is 45.4 Å². The number of piperazine rings is 1. The lowest BCUT2D eigenvalue weighted by Crippen LogP contribution is -2.46. The molecule has 0 amide bonds. The number of anilines is 2. The van der Waals surface area contributed by atoms with Gasteiger partial charge in [0.1, 0.15) is 5.82 Å². The fraction of sp³-hybridized carbons (Fsp3) is 0.353. The molecule has 1 atom stereocenters. The molecule has 21 heavy (non-hydrogen) atoms. The van der Waals surface area contributed by atoms with Crippen molar-refractivity contribution >= 4 is 11.5 Å². The number of hydrogen-bond donors (Lipinski definition) is 1. The van der Waals surface area contributed by atoms with E-state index >= 15 is 0 Å². The average molecular weight is 282 g/mol. The van der Waals surface area contributed by atoms with E-state index in [4.69, 9.17) is 5.73 Å². The Morgan fingerprint density at radius 1 is 1.00 bits per heavy atom. The fourth-order valence-electron chi connectivity index (χ4n) is 2.72. The molecule has 1 unspecified atom stereocenters. The molecule has 1 aromatic heterocycles. The number of pyridine rings is 1. The first-order valence-electron chi connectivity index (χ1n) is 7.50. The Kier molecular flexibility index (Phi) is 4.06.